The van der Waals surface area contributed by atoms with E-state index in [2.05, 4.69) is 15.0 Å². The van der Waals surface area contributed by atoms with Gasteiger partial charge in [-0.25, -0.2) is 10.8 Å². The van der Waals surface area contributed by atoms with Crippen LogP contribution in [0.2, 0.25) is 0 Å². The van der Waals surface area contributed by atoms with Crippen LogP contribution in [0.5, 0.6) is 0 Å². The van der Waals surface area contributed by atoms with E-state index in [0.29, 0.717) is 0 Å². The van der Waals surface area contributed by atoms with Gasteiger partial charge in [0.1, 0.15) is 5.82 Å². The second kappa shape index (κ2) is 3.61. The van der Waals surface area contributed by atoms with Crippen molar-refractivity contribution in [1.29, 1.82) is 0 Å². The topological polar surface area (TPSA) is 122 Å². The van der Waals surface area contributed by atoms with Crippen LogP contribution in [0.4, 0.5) is 5.95 Å². The van der Waals surface area contributed by atoms with Gasteiger partial charge in [0, 0.05) is 6.04 Å². The molecule has 2 rings (SSSR count). The molecule has 1 aliphatic rings. The second-order valence-corrected chi connectivity index (χ2v) is 4.89. The summed E-state index contributed by atoms with van der Waals surface area (Å²) in [6.45, 7) is 1.50. The molecular formula is C7H11N5O3S. The van der Waals surface area contributed by atoms with E-state index in [4.69, 9.17) is 10.4 Å². The fourth-order valence-corrected chi connectivity index (χ4v) is 1.64. The van der Waals surface area contributed by atoms with Crippen LogP contribution in [0.3, 0.4) is 0 Å². The number of hydrazine groups is 1. The van der Waals surface area contributed by atoms with Crippen molar-refractivity contribution in [2.75, 3.05) is 5.01 Å². The molecule has 0 spiro atoms. The summed E-state index contributed by atoms with van der Waals surface area (Å²) in [4.78, 5) is 11.0. The van der Waals surface area contributed by atoms with E-state index in [1.165, 1.54) is 11.9 Å². The fourth-order valence-electron chi connectivity index (χ4n) is 1.19. The maximum Gasteiger partial charge on any atom is 0.330 e. The van der Waals surface area contributed by atoms with Gasteiger partial charge in [0.2, 0.25) is 5.95 Å². The van der Waals surface area contributed by atoms with Crippen LogP contribution in [-0.4, -0.2) is 34.0 Å². The maximum absolute atomic E-state index is 10.9. The van der Waals surface area contributed by atoms with Crippen molar-refractivity contribution in [2.24, 2.45) is 5.84 Å². The van der Waals surface area contributed by atoms with Crippen LogP contribution in [0.1, 0.15) is 18.7 Å². The minimum atomic E-state index is -4.43. The van der Waals surface area contributed by atoms with Gasteiger partial charge < -0.3 is 0 Å². The average molecular weight is 245 g/mol. The summed E-state index contributed by atoms with van der Waals surface area (Å²) >= 11 is 0. The molecule has 1 aliphatic carbocycles. The lowest BCUT2D eigenvalue weighted by molar-refractivity contribution is 0.472. The summed E-state index contributed by atoms with van der Waals surface area (Å²) in [5, 5.41) is 0.620. The Hall–Kier alpha value is -1.32. The quantitative estimate of drug-likeness (QED) is 0.406. The van der Waals surface area contributed by atoms with Gasteiger partial charge in [-0.1, -0.05) is 0 Å². The van der Waals surface area contributed by atoms with Crippen molar-refractivity contribution in [2.45, 2.75) is 31.0 Å². The summed E-state index contributed by atoms with van der Waals surface area (Å²) in [6, 6.07) is 0.135. The number of nitrogens with two attached hydrogens (primary N) is 1. The van der Waals surface area contributed by atoms with Crippen LogP contribution < -0.4 is 10.9 Å². The largest absolute Gasteiger partial charge is 0.330 e. The van der Waals surface area contributed by atoms with Crippen molar-refractivity contribution in [1.82, 2.24) is 15.0 Å². The molecule has 1 heterocycles. The predicted octanol–water partition coefficient (Wildman–Crippen LogP) is -0.731. The highest BCUT2D eigenvalue weighted by Gasteiger charge is 2.30. The Morgan fingerprint density at radius 3 is 2.50 bits per heavy atom. The Kier molecular flexibility index (Phi) is 2.52. The minimum Gasteiger partial charge on any atom is -0.279 e. The van der Waals surface area contributed by atoms with Gasteiger partial charge in [0.15, 0.2) is 0 Å². The van der Waals surface area contributed by atoms with E-state index in [1.807, 2.05) is 0 Å². The van der Waals surface area contributed by atoms with Gasteiger partial charge in [-0.2, -0.15) is 18.4 Å². The van der Waals surface area contributed by atoms with E-state index in [1.54, 1.807) is 0 Å². The Morgan fingerprint density at radius 1 is 1.38 bits per heavy atom. The SMILES string of the molecule is Cc1nc(N(N)C2CC2)nc(S(=O)(=O)O)n1. The van der Waals surface area contributed by atoms with Gasteiger partial charge in [-0.15, -0.1) is 0 Å². The third kappa shape index (κ3) is 2.26. The Labute approximate surface area is 92.2 Å². The van der Waals surface area contributed by atoms with E-state index in [0.717, 1.165) is 12.8 Å². The van der Waals surface area contributed by atoms with Crippen LogP contribution in [0.25, 0.3) is 0 Å². The van der Waals surface area contributed by atoms with Crippen LogP contribution >= 0.6 is 0 Å². The highest BCUT2D eigenvalue weighted by atomic mass is 32.2. The molecule has 16 heavy (non-hydrogen) atoms. The van der Waals surface area contributed by atoms with E-state index < -0.39 is 15.3 Å². The molecule has 88 valence electrons. The molecule has 0 aromatic carbocycles. The molecule has 3 N–H and O–H groups in total. The highest BCUT2D eigenvalue weighted by molar-refractivity contribution is 7.85. The van der Waals surface area contributed by atoms with E-state index >= 15 is 0 Å². The molecule has 0 atom stereocenters. The summed E-state index contributed by atoms with van der Waals surface area (Å²) in [5.74, 6) is 5.93. The van der Waals surface area contributed by atoms with Gasteiger partial charge >= 0.3 is 10.1 Å². The van der Waals surface area contributed by atoms with Gasteiger partial charge in [-0.05, 0) is 19.8 Å². The van der Waals surface area contributed by atoms with Crippen LogP contribution in [-0.2, 0) is 10.1 Å². The molecule has 0 amide bonds. The number of hydrogen-bond acceptors (Lipinski definition) is 7. The van der Waals surface area contributed by atoms with Gasteiger partial charge in [-0.3, -0.25) is 9.56 Å². The molecule has 1 aromatic heterocycles. The number of aromatic nitrogens is 3. The molecule has 1 aromatic rings. The molecule has 0 bridgehead atoms. The van der Waals surface area contributed by atoms with Gasteiger partial charge in [0.25, 0.3) is 5.16 Å². The lowest BCUT2D eigenvalue weighted by Crippen LogP contribution is -2.35. The molecular weight excluding hydrogens is 234 g/mol. The van der Waals surface area contributed by atoms with Crippen molar-refractivity contribution in [3.63, 3.8) is 0 Å². The third-order valence-corrected chi connectivity index (χ3v) is 2.76. The first kappa shape index (κ1) is 11.2. The van der Waals surface area contributed by atoms with Crippen LogP contribution in [0, 0.1) is 6.92 Å². The number of nitrogens with zero attached hydrogens (tertiary/aromatic N) is 4. The average Bonchev–Trinajstić information content (AvgIpc) is 2.97. The van der Waals surface area contributed by atoms with E-state index in [9.17, 15) is 8.42 Å². The van der Waals surface area contributed by atoms with Gasteiger partial charge in [0.05, 0.1) is 0 Å². The molecule has 1 saturated carbocycles. The number of aryl methyl sites for hydroxylation is 1. The summed E-state index contributed by atoms with van der Waals surface area (Å²) in [7, 11) is -4.43. The lowest BCUT2D eigenvalue weighted by atomic mass is 10.6. The Morgan fingerprint density at radius 2 is 2.00 bits per heavy atom. The molecule has 0 unspecified atom stereocenters. The molecule has 0 radical (unpaired) electrons. The summed E-state index contributed by atoms with van der Waals surface area (Å²) in [5.41, 5.74) is 0. The first-order valence-electron chi connectivity index (χ1n) is 4.62. The highest BCUT2D eigenvalue weighted by Crippen LogP contribution is 2.26. The maximum atomic E-state index is 10.9. The molecule has 0 saturated heterocycles. The van der Waals surface area contributed by atoms with Crippen molar-refractivity contribution in [3.8, 4) is 0 Å². The zero-order valence-electron chi connectivity index (χ0n) is 8.53. The first-order valence-corrected chi connectivity index (χ1v) is 6.06. The Balaban J connectivity index is 2.43. The monoisotopic (exact) mass is 245 g/mol. The summed E-state index contributed by atoms with van der Waals surface area (Å²) < 4.78 is 30.6. The molecule has 8 nitrogen and oxygen atoms in total. The number of hydrogen-bond donors (Lipinski definition) is 2. The zero-order chi connectivity index (χ0) is 11.9. The minimum absolute atomic E-state index is 0.0580. The molecule has 1 fully saturated rings. The normalized spacial score (nSPS) is 16.2. The van der Waals surface area contributed by atoms with Crippen molar-refractivity contribution >= 4 is 16.1 Å². The smallest absolute Gasteiger partial charge is 0.279 e. The summed E-state index contributed by atoms with van der Waals surface area (Å²) in [6.07, 6.45) is 1.84. The molecule has 0 aliphatic heterocycles. The number of anilines is 1. The fraction of sp³-hybridized carbons (Fsp3) is 0.571. The standard InChI is InChI=1S/C7H11N5O3S/c1-4-9-6(12(8)5-2-3-5)11-7(10-4)16(13,14)15/h5H,2-3,8H2,1H3,(H,13,14,15). The zero-order valence-corrected chi connectivity index (χ0v) is 9.35. The second-order valence-electron chi connectivity index (χ2n) is 3.58. The van der Waals surface area contributed by atoms with Crippen LogP contribution in [0.15, 0.2) is 5.16 Å². The molecule has 9 heteroatoms. The Bertz CT molecular complexity index is 513. The van der Waals surface area contributed by atoms with E-state index in [-0.39, 0.29) is 17.8 Å². The van der Waals surface area contributed by atoms with Crippen molar-refractivity contribution in [3.05, 3.63) is 5.82 Å². The predicted molar refractivity (Wildman–Crippen MR) is 54.1 cm³/mol. The first-order chi connectivity index (χ1) is 7.38. The third-order valence-electron chi connectivity index (χ3n) is 2.12. The number of rotatable bonds is 3. The lowest BCUT2D eigenvalue weighted by Gasteiger charge is -2.15. The van der Waals surface area contributed by atoms with Crippen molar-refractivity contribution < 1.29 is 13.0 Å².